The average molecular weight is 287 g/mol. The molecule has 1 aromatic rings. The predicted octanol–water partition coefficient (Wildman–Crippen LogP) is 4.18. The number of nitrogens with one attached hydrogen (secondary N) is 1. The lowest BCUT2D eigenvalue weighted by Gasteiger charge is -2.18. The second kappa shape index (κ2) is 7.10. The zero-order valence-corrected chi connectivity index (χ0v) is 12.0. The summed E-state index contributed by atoms with van der Waals surface area (Å²) in [4.78, 5) is 16.4. The molecule has 3 nitrogen and oxygen atoms in total. The van der Waals surface area contributed by atoms with Crippen molar-refractivity contribution in [3.8, 4) is 0 Å². The maximum atomic E-state index is 12.2. The number of carbonyl (C=O) groups is 1. The van der Waals surface area contributed by atoms with Crippen LogP contribution in [0.2, 0.25) is 0 Å². The number of hydrogen-bond acceptors (Lipinski definition) is 3. The number of halogens is 1. The Morgan fingerprint density at radius 2 is 2.00 bits per heavy atom. The van der Waals surface area contributed by atoms with E-state index in [9.17, 15) is 4.79 Å². The third-order valence-electron chi connectivity index (χ3n) is 3.39. The van der Waals surface area contributed by atoms with Crippen molar-refractivity contribution in [1.29, 1.82) is 0 Å². The fraction of sp³-hybridized carbons (Fsp3) is 0.692. The van der Waals surface area contributed by atoms with Crippen LogP contribution in [-0.4, -0.2) is 10.9 Å². The molecule has 0 unspecified atom stereocenters. The minimum Gasteiger partial charge on any atom is -0.302 e. The highest BCUT2D eigenvalue weighted by molar-refractivity contribution is 7.13. The van der Waals surface area contributed by atoms with Crippen LogP contribution in [0.3, 0.4) is 0 Å². The molecular weight excluding hydrogens is 268 g/mol. The number of hydrogen-bond donors (Lipinski definition) is 1. The van der Waals surface area contributed by atoms with Crippen LogP contribution >= 0.6 is 22.9 Å². The molecule has 18 heavy (non-hydrogen) atoms. The molecule has 1 heterocycles. The van der Waals surface area contributed by atoms with Gasteiger partial charge in [0, 0.05) is 11.3 Å². The molecule has 0 saturated heterocycles. The van der Waals surface area contributed by atoms with Crippen molar-refractivity contribution in [1.82, 2.24) is 4.98 Å². The van der Waals surface area contributed by atoms with Crippen molar-refractivity contribution in [2.75, 3.05) is 5.32 Å². The smallest absolute Gasteiger partial charge is 0.229 e. The SMILES string of the molecule is O=C(Nc1nc(CCl)cs1)C1CCCCCCC1. The largest absolute Gasteiger partial charge is 0.302 e. The molecule has 1 aromatic heterocycles. The Hall–Kier alpha value is -0.610. The number of rotatable bonds is 3. The first kappa shape index (κ1) is 13.8. The summed E-state index contributed by atoms with van der Waals surface area (Å²) in [5, 5.41) is 5.49. The molecule has 1 aliphatic rings. The summed E-state index contributed by atoms with van der Waals surface area (Å²) in [6, 6.07) is 0. The van der Waals surface area contributed by atoms with Gasteiger partial charge in [-0.3, -0.25) is 4.79 Å². The van der Waals surface area contributed by atoms with E-state index in [1.807, 2.05) is 5.38 Å². The fourth-order valence-corrected chi connectivity index (χ4v) is 3.29. The Balaban J connectivity index is 1.89. The summed E-state index contributed by atoms with van der Waals surface area (Å²) in [6.07, 6.45) is 8.21. The Morgan fingerprint density at radius 3 is 2.61 bits per heavy atom. The highest BCUT2D eigenvalue weighted by Crippen LogP contribution is 2.24. The van der Waals surface area contributed by atoms with E-state index < -0.39 is 0 Å². The van der Waals surface area contributed by atoms with Gasteiger partial charge in [0.1, 0.15) is 0 Å². The average Bonchev–Trinajstić information content (AvgIpc) is 2.76. The maximum Gasteiger partial charge on any atom is 0.229 e. The standard InChI is InChI=1S/C13H19ClN2OS/c14-8-11-9-18-13(15-11)16-12(17)10-6-4-2-1-3-5-7-10/h9-10H,1-8H2,(H,15,16,17). The number of aromatic nitrogens is 1. The third kappa shape index (κ3) is 3.95. The van der Waals surface area contributed by atoms with Gasteiger partial charge in [-0.05, 0) is 12.8 Å². The van der Waals surface area contributed by atoms with Gasteiger partial charge < -0.3 is 5.32 Å². The molecule has 100 valence electrons. The first-order valence-corrected chi connectivity index (χ1v) is 8.02. The van der Waals surface area contributed by atoms with Crippen molar-refractivity contribution in [2.45, 2.75) is 50.8 Å². The first-order chi connectivity index (χ1) is 8.79. The van der Waals surface area contributed by atoms with E-state index in [0.717, 1.165) is 18.5 Å². The van der Waals surface area contributed by atoms with Crippen molar-refractivity contribution < 1.29 is 4.79 Å². The van der Waals surface area contributed by atoms with E-state index in [4.69, 9.17) is 11.6 Å². The van der Waals surface area contributed by atoms with E-state index in [2.05, 4.69) is 10.3 Å². The van der Waals surface area contributed by atoms with Crippen molar-refractivity contribution in [2.24, 2.45) is 5.92 Å². The molecule has 0 aliphatic heterocycles. The second-order valence-corrected chi connectivity index (χ2v) is 5.93. The number of carbonyl (C=O) groups excluding carboxylic acids is 1. The Kier molecular flexibility index (Phi) is 5.45. The van der Waals surface area contributed by atoms with Crippen LogP contribution in [0.1, 0.15) is 50.6 Å². The van der Waals surface area contributed by atoms with Crippen LogP contribution in [0.4, 0.5) is 5.13 Å². The summed E-state index contributed by atoms with van der Waals surface area (Å²) in [6.45, 7) is 0. The molecule has 0 atom stereocenters. The molecule has 2 rings (SSSR count). The van der Waals surface area contributed by atoms with Crippen LogP contribution in [-0.2, 0) is 10.7 Å². The number of anilines is 1. The lowest BCUT2D eigenvalue weighted by Crippen LogP contribution is -2.23. The molecule has 1 fully saturated rings. The molecule has 1 saturated carbocycles. The van der Waals surface area contributed by atoms with Crippen LogP contribution in [0.15, 0.2) is 5.38 Å². The zero-order valence-electron chi connectivity index (χ0n) is 10.5. The number of thiazole rings is 1. The monoisotopic (exact) mass is 286 g/mol. The molecular formula is C13H19ClN2OS. The second-order valence-electron chi connectivity index (χ2n) is 4.81. The van der Waals surface area contributed by atoms with Gasteiger partial charge in [-0.25, -0.2) is 4.98 Å². The fourth-order valence-electron chi connectivity index (χ4n) is 2.35. The maximum absolute atomic E-state index is 12.2. The highest BCUT2D eigenvalue weighted by atomic mass is 35.5. The van der Waals surface area contributed by atoms with E-state index in [-0.39, 0.29) is 11.8 Å². The minimum atomic E-state index is 0.132. The Labute approximate surface area is 117 Å². The van der Waals surface area contributed by atoms with Crippen LogP contribution in [0, 0.1) is 5.92 Å². The Morgan fingerprint density at radius 1 is 1.33 bits per heavy atom. The molecule has 1 N–H and O–H groups in total. The summed E-state index contributed by atoms with van der Waals surface area (Å²) >= 11 is 7.14. The minimum absolute atomic E-state index is 0.132. The van der Waals surface area contributed by atoms with Gasteiger partial charge in [-0.1, -0.05) is 32.1 Å². The molecule has 0 aromatic carbocycles. The normalized spacial score (nSPS) is 18.1. The molecule has 0 radical (unpaired) electrons. The topological polar surface area (TPSA) is 42.0 Å². The molecule has 1 amide bonds. The summed E-state index contributed by atoms with van der Waals surface area (Å²) in [5.74, 6) is 0.691. The third-order valence-corrected chi connectivity index (χ3v) is 4.48. The number of alkyl halides is 1. The van der Waals surface area contributed by atoms with Crippen LogP contribution in [0.25, 0.3) is 0 Å². The van der Waals surface area contributed by atoms with Gasteiger partial charge in [0.2, 0.25) is 5.91 Å². The summed E-state index contributed by atoms with van der Waals surface area (Å²) < 4.78 is 0. The molecule has 1 aliphatic carbocycles. The van der Waals surface area contributed by atoms with Gasteiger partial charge in [0.05, 0.1) is 11.6 Å². The van der Waals surface area contributed by atoms with Crippen molar-refractivity contribution >= 4 is 34.0 Å². The number of nitrogens with zero attached hydrogens (tertiary/aromatic N) is 1. The molecule has 5 heteroatoms. The Bertz CT molecular complexity index is 386. The van der Waals surface area contributed by atoms with E-state index >= 15 is 0 Å². The van der Waals surface area contributed by atoms with E-state index in [1.165, 1.54) is 43.4 Å². The lowest BCUT2D eigenvalue weighted by molar-refractivity contribution is -0.120. The van der Waals surface area contributed by atoms with Gasteiger partial charge >= 0.3 is 0 Å². The van der Waals surface area contributed by atoms with Gasteiger partial charge in [-0.2, -0.15) is 0 Å². The highest BCUT2D eigenvalue weighted by Gasteiger charge is 2.20. The van der Waals surface area contributed by atoms with E-state index in [1.54, 1.807) is 0 Å². The molecule has 0 bridgehead atoms. The van der Waals surface area contributed by atoms with Crippen LogP contribution in [0.5, 0.6) is 0 Å². The first-order valence-electron chi connectivity index (χ1n) is 6.61. The van der Waals surface area contributed by atoms with Gasteiger partial charge in [-0.15, -0.1) is 22.9 Å². The summed E-state index contributed by atoms with van der Waals surface area (Å²) in [5.41, 5.74) is 0.828. The van der Waals surface area contributed by atoms with E-state index in [0.29, 0.717) is 11.0 Å². The number of amides is 1. The van der Waals surface area contributed by atoms with Gasteiger partial charge in [0.25, 0.3) is 0 Å². The van der Waals surface area contributed by atoms with Crippen molar-refractivity contribution in [3.05, 3.63) is 11.1 Å². The zero-order chi connectivity index (χ0) is 12.8. The summed E-state index contributed by atoms with van der Waals surface area (Å²) in [7, 11) is 0. The van der Waals surface area contributed by atoms with Crippen molar-refractivity contribution in [3.63, 3.8) is 0 Å². The molecule has 0 spiro atoms. The predicted molar refractivity (Wildman–Crippen MR) is 76.1 cm³/mol. The quantitative estimate of drug-likeness (QED) is 0.847. The van der Waals surface area contributed by atoms with Crippen LogP contribution < -0.4 is 5.32 Å². The lowest BCUT2D eigenvalue weighted by atomic mass is 9.90. The van der Waals surface area contributed by atoms with Gasteiger partial charge in [0.15, 0.2) is 5.13 Å².